The van der Waals surface area contributed by atoms with Crippen LogP contribution in [0.3, 0.4) is 0 Å². The van der Waals surface area contributed by atoms with Crippen molar-refractivity contribution in [2.45, 2.75) is 39.7 Å². The van der Waals surface area contributed by atoms with Crippen LogP contribution in [0, 0.1) is 12.8 Å². The van der Waals surface area contributed by atoms with E-state index >= 15 is 0 Å². The monoisotopic (exact) mass is 274 g/mol. The third kappa shape index (κ3) is 5.06. The lowest BCUT2D eigenvalue weighted by molar-refractivity contribution is -0.123. The average molecular weight is 275 g/mol. The summed E-state index contributed by atoms with van der Waals surface area (Å²) in [5, 5.41) is 9.70. The van der Waals surface area contributed by atoms with E-state index in [9.17, 15) is 4.79 Å². The molecule has 4 N–H and O–H groups in total. The van der Waals surface area contributed by atoms with E-state index in [0.717, 1.165) is 18.5 Å². The summed E-state index contributed by atoms with van der Waals surface area (Å²) in [6, 6.07) is -0.411. The van der Waals surface area contributed by atoms with E-state index in [0.29, 0.717) is 6.54 Å². The van der Waals surface area contributed by atoms with Gasteiger partial charge in [-0.1, -0.05) is 13.8 Å². The highest BCUT2D eigenvalue weighted by atomic mass is 35.5. The SMILES string of the molecule is Cc1[nH]ncc1CCCNC(=O)[C@@H](N)C(C)C.Cl. The Morgan fingerprint density at radius 1 is 1.56 bits per heavy atom. The van der Waals surface area contributed by atoms with Crippen LogP contribution >= 0.6 is 12.4 Å². The summed E-state index contributed by atoms with van der Waals surface area (Å²) in [5.41, 5.74) is 8.03. The summed E-state index contributed by atoms with van der Waals surface area (Å²) in [7, 11) is 0. The Bertz CT molecular complexity index is 365. The molecule has 0 bridgehead atoms. The first kappa shape index (κ1) is 16.9. The first-order valence-electron chi connectivity index (χ1n) is 6.04. The number of aryl methyl sites for hydroxylation is 2. The predicted molar refractivity (Wildman–Crippen MR) is 74.7 cm³/mol. The lowest BCUT2D eigenvalue weighted by Crippen LogP contribution is -2.44. The maximum atomic E-state index is 11.6. The van der Waals surface area contributed by atoms with Gasteiger partial charge in [0.2, 0.25) is 5.91 Å². The zero-order chi connectivity index (χ0) is 12.8. The van der Waals surface area contributed by atoms with Gasteiger partial charge in [0.15, 0.2) is 0 Å². The summed E-state index contributed by atoms with van der Waals surface area (Å²) >= 11 is 0. The number of rotatable bonds is 6. The van der Waals surface area contributed by atoms with Crippen molar-refractivity contribution in [2.24, 2.45) is 11.7 Å². The van der Waals surface area contributed by atoms with Crippen LogP contribution in [0.1, 0.15) is 31.5 Å². The lowest BCUT2D eigenvalue weighted by Gasteiger charge is -2.15. The maximum absolute atomic E-state index is 11.6. The molecule has 104 valence electrons. The number of hydrogen-bond acceptors (Lipinski definition) is 3. The van der Waals surface area contributed by atoms with E-state index in [2.05, 4.69) is 15.5 Å². The van der Waals surface area contributed by atoms with Crippen molar-refractivity contribution in [1.82, 2.24) is 15.5 Å². The number of aromatic nitrogens is 2. The third-order valence-electron chi connectivity index (χ3n) is 2.88. The molecule has 0 aliphatic heterocycles. The molecule has 1 heterocycles. The highest BCUT2D eigenvalue weighted by Gasteiger charge is 2.16. The van der Waals surface area contributed by atoms with Gasteiger partial charge >= 0.3 is 0 Å². The van der Waals surface area contributed by atoms with Crippen LogP contribution in [0.2, 0.25) is 0 Å². The fraction of sp³-hybridized carbons (Fsp3) is 0.667. The molecule has 5 nitrogen and oxygen atoms in total. The van der Waals surface area contributed by atoms with Gasteiger partial charge < -0.3 is 11.1 Å². The van der Waals surface area contributed by atoms with Gasteiger partial charge in [-0.3, -0.25) is 9.89 Å². The molecular weight excluding hydrogens is 252 g/mol. The van der Waals surface area contributed by atoms with E-state index in [1.165, 1.54) is 5.56 Å². The van der Waals surface area contributed by atoms with E-state index in [1.54, 1.807) is 0 Å². The molecule has 0 saturated carbocycles. The summed E-state index contributed by atoms with van der Waals surface area (Å²) in [6.45, 7) is 6.54. The van der Waals surface area contributed by atoms with Crippen LogP contribution in [0.4, 0.5) is 0 Å². The van der Waals surface area contributed by atoms with Gasteiger partial charge in [-0.15, -0.1) is 12.4 Å². The summed E-state index contributed by atoms with van der Waals surface area (Å²) in [5.74, 6) is 0.107. The topological polar surface area (TPSA) is 83.8 Å². The Labute approximate surface area is 114 Å². The second kappa shape index (κ2) is 8.11. The molecule has 6 heteroatoms. The molecule has 0 radical (unpaired) electrons. The fourth-order valence-electron chi connectivity index (χ4n) is 1.54. The summed E-state index contributed by atoms with van der Waals surface area (Å²) in [4.78, 5) is 11.6. The zero-order valence-electron chi connectivity index (χ0n) is 11.2. The molecule has 0 aliphatic rings. The van der Waals surface area contributed by atoms with Crippen LogP contribution in [0.15, 0.2) is 6.20 Å². The molecular formula is C12H23ClN4O. The maximum Gasteiger partial charge on any atom is 0.237 e. The molecule has 0 aromatic carbocycles. The number of nitrogens with one attached hydrogen (secondary N) is 2. The average Bonchev–Trinajstić information content (AvgIpc) is 2.69. The van der Waals surface area contributed by atoms with Crippen LogP contribution in [-0.4, -0.2) is 28.7 Å². The lowest BCUT2D eigenvalue weighted by atomic mass is 10.0. The Kier molecular flexibility index (Phi) is 7.62. The fourth-order valence-corrected chi connectivity index (χ4v) is 1.54. The van der Waals surface area contributed by atoms with Gasteiger partial charge in [-0.2, -0.15) is 5.10 Å². The number of H-pyrrole nitrogens is 1. The molecule has 18 heavy (non-hydrogen) atoms. The summed E-state index contributed by atoms with van der Waals surface area (Å²) < 4.78 is 0. The largest absolute Gasteiger partial charge is 0.355 e. The third-order valence-corrected chi connectivity index (χ3v) is 2.88. The number of nitrogens with zero attached hydrogens (tertiary/aromatic N) is 1. The minimum atomic E-state index is -0.411. The van der Waals surface area contributed by atoms with Crippen LogP contribution < -0.4 is 11.1 Å². The van der Waals surface area contributed by atoms with Crippen molar-refractivity contribution in [2.75, 3.05) is 6.54 Å². The Hall–Kier alpha value is -1.07. The molecule has 1 amide bonds. The molecule has 0 spiro atoms. The Balaban J connectivity index is 0.00000289. The zero-order valence-corrected chi connectivity index (χ0v) is 12.0. The molecule has 0 unspecified atom stereocenters. The van der Waals surface area contributed by atoms with Crippen molar-refractivity contribution in [3.63, 3.8) is 0 Å². The minimum absolute atomic E-state index is 0. The molecule has 0 aliphatic carbocycles. The number of carbonyl (C=O) groups excluding carboxylic acids is 1. The van der Waals surface area contributed by atoms with Crippen molar-refractivity contribution in [3.8, 4) is 0 Å². The highest BCUT2D eigenvalue weighted by Crippen LogP contribution is 2.05. The second-order valence-electron chi connectivity index (χ2n) is 4.68. The molecule has 0 saturated heterocycles. The van der Waals surface area contributed by atoms with E-state index in [-0.39, 0.29) is 24.2 Å². The van der Waals surface area contributed by atoms with Crippen LogP contribution in [0.25, 0.3) is 0 Å². The van der Waals surface area contributed by atoms with Crippen LogP contribution in [-0.2, 0) is 11.2 Å². The van der Waals surface area contributed by atoms with Gasteiger partial charge in [0, 0.05) is 12.2 Å². The number of halogens is 1. The number of nitrogens with two attached hydrogens (primary N) is 1. The number of hydrogen-bond donors (Lipinski definition) is 3. The first-order chi connectivity index (χ1) is 8.02. The standard InChI is InChI=1S/C12H22N4O.ClH/c1-8(2)11(13)12(17)14-6-4-5-10-7-15-16-9(10)3;/h7-8,11H,4-6,13H2,1-3H3,(H,14,17)(H,15,16);1H/t11-;/m0./s1. The van der Waals surface area contributed by atoms with Gasteiger partial charge in [0.25, 0.3) is 0 Å². The molecule has 1 rings (SSSR count). The van der Waals surface area contributed by atoms with Crippen molar-refractivity contribution in [3.05, 3.63) is 17.5 Å². The second-order valence-corrected chi connectivity index (χ2v) is 4.68. The normalized spacial score (nSPS) is 12.1. The molecule has 0 fully saturated rings. The molecule has 1 atom stereocenters. The van der Waals surface area contributed by atoms with E-state index in [1.807, 2.05) is 27.0 Å². The first-order valence-corrected chi connectivity index (χ1v) is 6.04. The van der Waals surface area contributed by atoms with Crippen molar-refractivity contribution in [1.29, 1.82) is 0 Å². The predicted octanol–water partition coefficient (Wildman–Crippen LogP) is 1.17. The van der Waals surface area contributed by atoms with Gasteiger partial charge in [0.05, 0.1) is 12.2 Å². The van der Waals surface area contributed by atoms with Crippen LogP contribution in [0.5, 0.6) is 0 Å². The highest BCUT2D eigenvalue weighted by molar-refractivity contribution is 5.85. The Morgan fingerprint density at radius 2 is 2.22 bits per heavy atom. The summed E-state index contributed by atoms with van der Waals surface area (Å²) in [6.07, 6.45) is 3.65. The Morgan fingerprint density at radius 3 is 2.72 bits per heavy atom. The minimum Gasteiger partial charge on any atom is -0.355 e. The van der Waals surface area contributed by atoms with Gasteiger partial charge in [0.1, 0.15) is 0 Å². The van der Waals surface area contributed by atoms with Gasteiger partial charge in [-0.25, -0.2) is 0 Å². The number of aromatic amines is 1. The van der Waals surface area contributed by atoms with E-state index < -0.39 is 6.04 Å². The number of carbonyl (C=O) groups is 1. The van der Waals surface area contributed by atoms with E-state index in [4.69, 9.17) is 5.73 Å². The van der Waals surface area contributed by atoms with Crippen molar-refractivity contribution < 1.29 is 4.79 Å². The van der Waals surface area contributed by atoms with Gasteiger partial charge in [-0.05, 0) is 31.2 Å². The number of amides is 1. The molecule has 1 aromatic rings. The molecule has 1 aromatic heterocycles. The quantitative estimate of drug-likeness (QED) is 0.681. The van der Waals surface area contributed by atoms with Crippen molar-refractivity contribution >= 4 is 18.3 Å². The smallest absolute Gasteiger partial charge is 0.237 e.